The molecule has 1 fully saturated rings. The maximum absolute atomic E-state index is 12.1. The van der Waals surface area contributed by atoms with Gasteiger partial charge in [0.2, 0.25) is 5.91 Å². The van der Waals surface area contributed by atoms with Crippen molar-refractivity contribution in [3.63, 3.8) is 0 Å². The lowest BCUT2D eigenvalue weighted by atomic mass is 9.89. The molecule has 0 bridgehead atoms. The molecule has 92 valence electrons. The number of ketones is 1. The minimum absolute atomic E-state index is 0.00972. The zero-order valence-electron chi connectivity index (χ0n) is 9.79. The monoisotopic (exact) mass is 227 g/mol. The second kappa shape index (κ2) is 6.60. The van der Waals surface area contributed by atoms with E-state index in [2.05, 4.69) is 10.7 Å². The van der Waals surface area contributed by atoms with Crippen molar-refractivity contribution in [3.05, 3.63) is 0 Å². The molecule has 0 aliphatic carbocycles. The van der Waals surface area contributed by atoms with Crippen molar-refractivity contribution in [1.82, 2.24) is 10.7 Å². The number of piperidine rings is 1. The van der Waals surface area contributed by atoms with Gasteiger partial charge in [-0.2, -0.15) is 0 Å². The fourth-order valence-electron chi connectivity index (χ4n) is 2.13. The van der Waals surface area contributed by atoms with Crippen LogP contribution in [0.25, 0.3) is 0 Å². The summed E-state index contributed by atoms with van der Waals surface area (Å²) < 4.78 is 0. The Morgan fingerprint density at radius 3 is 2.75 bits per heavy atom. The fourth-order valence-corrected chi connectivity index (χ4v) is 2.13. The predicted octanol–water partition coefficient (Wildman–Crippen LogP) is 0.104. The molecule has 0 aromatic rings. The van der Waals surface area contributed by atoms with Crippen molar-refractivity contribution >= 4 is 11.7 Å². The molecule has 1 saturated heterocycles. The van der Waals surface area contributed by atoms with E-state index in [1.54, 1.807) is 0 Å². The van der Waals surface area contributed by atoms with Gasteiger partial charge in [0.05, 0.1) is 12.0 Å². The van der Waals surface area contributed by atoms with Crippen LogP contribution >= 0.6 is 0 Å². The van der Waals surface area contributed by atoms with Gasteiger partial charge >= 0.3 is 0 Å². The van der Waals surface area contributed by atoms with Gasteiger partial charge in [0.15, 0.2) is 5.78 Å². The van der Waals surface area contributed by atoms with E-state index in [1.165, 1.54) is 0 Å². The van der Waals surface area contributed by atoms with E-state index in [9.17, 15) is 9.59 Å². The first kappa shape index (κ1) is 13.1. The molecule has 5 nitrogen and oxygen atoms in total. The summed E-state index contributed by atoms with van der Waals surface area (Å²) >= 11 is 0. The van der Waals surface area contributed by atoms with Crippen LogP contribution in [0.4, 0.5) is 0 Å². The average molecular weight is 227 g/mol. The second-order valence-corrected chi connectivity index (χ2v) is 4.25. The van der Waals surface area contributed by atoms with Crippen LogP contribution in [0.1, 0.15) is 39.0 Å². The van der Waals surface area contributed by atoms with Crippen molar-refractivity contribution in [2.75, 3.05) is 6.54 Å². The Morgan fingerprint density at radius 1 is 1.50 bits per heavy atom. The predicted molar refractivity (Wildman–Crippen MR) is 61.4 cm³/mol. The molecule has 1 amide bonds. The van der Waals surface area contributed by atoms with Crippen molar-refractivity contribution in [1.29, 1.82) is 0 Å². The van der Waals surface area contributed by atoms with E-state index in [-0.39, 0.29) is 17.7 Å². The van der Waals surface area contributed by atoms with Crippen LogP contribution in [0.3, 0.4) is 0 Å². The van der Waals surface area contributed by atoms with Gasteiger partial charge in [0.1, 0.15) is 0 Å². The number of carbonyl (C=O) groups is 2. The number of nitrogens with two attached hydrogens (primary N) is 1. The molecule has 1 rings (SSSR count). The number of amides is 1. The molecule has 0 aromatic carbocycles. The van der Waals surface area contributed by atoms with Gasteiger partial charge in [0, 0.05) is 0 Å². The summed E-state index contributed by atoms with van der Waals surface area (Å²) in [5.41, 5.74) is 2.08. The zero-order chi connectivity index (χ0) is 12.0. The fraction of sp³-hybridized carbons (Fsp3) is 0.818. The van der Waals surface area contributed by atoms with Crippen LogP contribution in [0.5, 0.6) is 0 Å². The number of carbonyl (C=O) groups excluding carboxylic acids is 2. The van der Waals surface area contributed by atoms with Crippen molar-refractivity contribution < 1.29 is 9.59 Å². The summed E-state index contributed by atoms with van der Waals surface area (Å²) in [6, 6.07) is -0.164. The van der Waals surface area contributed by atoms with E-state index in [1.807, 2.05) is 6.92 Å². The zero-order valence-corrected chi connectivity index (χ0v) is 9.79. The molecule has 1 heterocycles. The minimum atomic E-state index is -0.592. The molecule has 5 heteroatoms. The molecular formula is C11H21N3O2. The number of rotatable bonds is 5. The largest absolute Gasteiger partial charge is 0.307 e. The molecule has 1 aliphatic rings. The quantitative estimate of drug-likeness (QED) is 0.269. The Hall–Kier alpha value is -0.940. The summed E-state index contributed by atoms with van der Waals surface area (Å²) in [6.45, 7) is 2.82. The van der Waals surface area contributed by atoms with Crippen LogP contribution in [0.2, 0.25) is 0 Å². The Morgan fingerprint density at radius 2 is 2.25 bits per heavy atom. The van der Waals surface area contributed by atoms with Crippen LogP contribution < -0.4 is 16.6 Å². The molecule has 0 aromatic heterocycles. The molecule has 0 radical (unpaired) electrons. The van der Waals surface area contributed by atoms with Crippen molar-refractivity contribution in [2.45, 2.75) is 45.1 Å². The van der Waals surface area contributed by atoms with Crippen LogP contribution in [0.15, 0.2) is 0 Å². The third kappa shape index (κ3) is 3.28. The van der Waals surface area contributed by atoms with Crippen LogP contribution in [-0.2, 0) is 9.59 Å². The first-order valence-electron chi connectivity index (χ1n) is 5.98. The highest BCUT2D eigenvalue weighted by atomic mass is 16.2. The molecule has 16 heavy (non-hydrogen) atoms. The summed E-state index contributed by atoms with van der Waals surface area (Å²) in [7, 11) is 0. The average Bonchev–Trinajstić information content (AvgIpc) is 2.35. The highest BCUT2D eigenvalue weighted by molar-refractivity contribution is 6.03. The normalized spacial score (nSPS) is 22.5. The standard InChI is InChI=1S/C11H21N3O2/c1-2-5-8(11(16)14-12)10(15)9-6-3-4-7-13-9/h8-9,13H,2-7,12H2,1H3,(H,14,16)/t8?,9-/m1/s1. The van der Waals surface area contributed by atoms with Crippen molar-refractivity contribution in [3.8, 4) is 0 Å². The van der Waals surface area contributed by atoms with Gasteiger partial charge in [0.25, 0.3) is 0 Å². The SMILES string of the molecule is CCCC(C(=O)NN)C(=O)[C@H]1CCCCN1. The van der Waals surface area contributed by atoms with Gasteiger partial charge < -0.3 is 5.32 Å². The van der Waals surface area contributed by atoms with E-state index in [0.717, 1.165) is 32.2 Å². The van der Waals surface area contributed by atoms with Crippen LogP contribution in [-0.4, -0.2) is 24.3 Å². The summed E-state index contributed by atoms with van der Waals surface area (Å²) in [4.78, 5) is 23.6. The molecule has 1 unspecified atom stereocenters. The number of Topliss-reactive ketones (excluding diaryl/α,β-unsaturated/α-hetero) is 1. The molecule has 0 spiro atoms. The van der Waals surface area contributed by atoms with Gasteiger partial charge in [-0.15, -0.1) is 0 Å². The third-order valence-corrected chi connectivity index (χ3v) is 3.03. The van der Waals surface area contributed by atoms with Crippen molar-refractivity contribution in [2.24, 2.45) is 11.8 Å². The molecule has 2 atom stereocenters. The lowest BCUT2D eigenvalue weighted by molar-refractivity contribution is -0.135. The smallest absolute Gasteiger partial charge is 0.244 e. The van der Waals surface area contributed by atoms with E-state index >= 15 is 0 Å². The first-order chi connectivity index (χ1) is 7.70. The van der Waals surface area contributed by atoms with E-state index in [4.69, 9.17) is 5.84 Å². The highest BCUT2D eigenvalue weighted by Gasteiger charge is 2.31. The number of hydrogen-bond acceptors (Lipinski definition) is 4. The Balaban J connectivity index is 2.61. The van der Waals surface area contributed by atoms with Gasteiger partial charge in [-0.3, -0.25) is 15.0 Å². The summed E-state index contributed by atoms with van der Waals surface area (Å²) in [6.07, 6.45) is 4.35. The Bertz CT molecular complexity index is 250. The van der Waals surface area contributed by atoms with Gasteiger partial charge in [-0.25, -0.2) is 5.84 Å². The first-order valence-corrected chi connectivity index (χ1v) is 5.98. The number of hydrazine groups is 1. The molecule has 0 saturated carbocycles. The molecule has 1 aliphatic heterocycles. The topological polar surface area (TPSA) is 84.2 Å². The van der Waals surface area contributed by atoms with E-state index < -0.39 is 5.92 Å². The number of hydrogen-bond donors (Lipinski definition) is 3. The lowest BCUT2D eigenvalue weighted by Gasteiger charge is -2.25. The maximum atomic E-state index is 12.1. The Labute approximate surface area is 96.1 Å². The Kier molecular flexibility index (Phi) is 5.42. The maximum Gasteiger partial charge on any atom is 0.244 e. The van der Waals surface area contributed by atoms with Gasteiger partial charge in [-0.05, 0) is 25.8 Å². The number of nitrogens with one attached hydrogen (secondary N) is 2. The third-order valence-electron chi connectivity index (χ3n) is 3.03. The highest BCUT2D eigenvalue weighted by Crippen LogP contribution is 2.16. The van der Waals surface area contributed by atoms with E-state index in [0.29, 0.717) is 6.42 Å². The molecule has 4 N–H and O–H groups in total. The minimum Gasteiger partial charge on any atom is -0.307 e. The van der Waals surface area contributed by atoms with Crippen LogP contribution in [0, 0.1) is 5.92 Å². The summed E-state index contributed by atoms with van der Waals surface area (Å²) in [5, 5.41) is 3.17. The lowest BCUT2D eigenvalue weighted by Crippen LogP contribution is -2.48. The van der Waals surface area contributed by atoms with Gasteiger partial charge in [-0.1, -0.05) is 19.8 Å². The molecular weight excluding hydrogens is 206 g/mol. The summed E-state index contributed by atoms with van der Waals surface area (Å²) in [5.74, 6) is 4.13. The second-order valence-electron chi connectivity index (χ2n) is 4.25.